The van der Waals surface area contributed by atoms with Gasteiger partial charge in [0.05, 0.1) is 30.7 Å². The van der Waals surface area contributed by atoms with E-state index in [2.05, 4.69) is 25.6 Å². The van der Waals surface area contributed by atoms with E-state index in [1.165, 1.54) is 12.5 Å². The first-order chi connectivity index (χ1) is 23.8. The van der Waals surface area contributed by atoms with Crippen LogP contribution in [0.25, 0.3) is 11.1 Å². The summed E-state index contributed by atoms with van der Waals surface area (Å²) in [6.07, 6.45) is 3.54. The van der Waals surface area contributed by atoms with Gasteiger partial charge in [0.1, 0.15) is 6.61 Å². The van der Waals surface area contributed by atoms with Crippen LogP contribution in [0.15, 0.2) is 77.5 Å². The molecule has 15 nitrogen and oxygen atoms in total. The number of carbonyl (C=O) groups excluding carboxylic acids is 3. The van der Waals surface area contributed by atoms with Crippen molar-refractivity contribution in [3.63, 3.8) is 0 Å². The number of fused-ring (bicyclic) bond motifs is 3. The summed E-state index contributed by atoms with van der Waals surface area (Å²) < 4.78 is 29.0. The molecule has 50 heavy (non-hydrogen) atoms. The van der Waals surface area contributed by atoms with Gasteiger partial charge in [-0.3, -0.25) is 19.4 Å². The Balaban J connectivity index is 1.49. The van der Waals surface area contributed by atoms with Crippen molar-refractivity contribution in [3.8, 4) is 11.1 Å². The van der Waals surface area contributed by atoms with E-state index in [9.17, 15) is 32.7 Å². The third-order valence-corrected chi connectivity index (χ3v) is 8.74. The summed E-state index contributed by atoms with van der Waals surface area (Å²) in [7, 11) is -3.62. The largest absolute Gasteiger partial charge is 0.481 e. The number of sulfone groups is 1. The van der Waals surface area contributed by atoms with E-state index in [-0.39, 0.29) is 44.3 Å². The average molecular weight is 708 g/mol. The monoisotopic (exact) mass is 707 g/mol. The number of nitrogens with one attached hydrogen (secondary N) is 3. The molecule has 3 aromatic rings. The topological polar surface area (TPSA) is 249 Å². The first-order valence-electron chi connectivity index (χ1n) is 15.9. The van der Waals surface area contributed by atoms with Crippen LogP contribution in [0.2, 0.25) is 0 Å². The van der Waals surface area contributed by atoms with Crippen LogP contribution in [0, 0.1) is 5.92 Å². The number of H-pyrrole nitrogens is 1. The van der Waals surface area contributed by atoms with E-state index in [4.69, 9.17) is 16.2 Å². The van der Waals surface area contributed by atoms with Gasteiger partial charge < -0.3 is 36.9 Å². The molecule has 16 heteroatoms. The molecule has 8 N–H and O–H groups in total. The number of aromatic nitrogens is 2. The Bertz CT molecular complexity index is 1790. The molecule has 2 aromatic carbocycles. The lowest BCUT2D eigenvalue weighted by atomic mass is 9.91. The Labute approximate surface area is 289 Å². The van der Waals surface area contributed by atoms with Crippen molar-refractivity contribution in [2.24, 2.45) is 22.4 Å². The van der Waals surface area contributed by atoms with Crippen LogP contribution in [-0.2, 0) is 35.4 Å². The van der Waals surface area contributed by atoms with Gasteiger partial charge in [-0.25, -0.2) is 18.2 Å². The van der Waals surface area contributed by atoms with Crippen molar-refractivity contribution in [1.29, 1.82) is 0 Å². The minimum absolute atomic E-state index is 0.0127. The number of aliphatic carboxylic acids is 1. The number of hydrogen-bond acceptors (Lipinski definition) is 9. The summed E-state index contributed by atoms with van der Waals surface area (Å²) in [5.74, 6) is -3.85. The fourth-order valence-electron chi connectivity index (χ4n) is 5.80. The van der Waals surface area contributed by atoms with Gasteiger partial charge >= 0.3 is 12.1 Å². The van der Waals surface area contributed by atoms with Crippen LogP contribution in [0.1, 0.15) is 48.4 Å². The van der Waals surface area contributed by atoms with Crippen molar-refractivity contribution in [3.05, 3.63) is 89.4 Å². The van der Waals surface area contributed by atoms with Crippen molar-refractivity contribution in [1.82, 2.24) is 20.6 Å². The maximum Gasteiger partial charge on any atom is 0.407 e. The number of nitrogens with zero attached hydrogens (tertiary/aromatic N) is 2. The third-order valence-electron chi connectivity index (χ3n) is 8.09. The number of carboxylic acid groups (broad SMARTS) is 1. The summed E-state index contributed by atoms with van der Waals surface area (Å²) in [5.41, 5.74) is 15.6. The van der Waals surface area contributed by atoms with E-state index in [1.54, 1.807) is 0 Å². The van der Waals surface area contributed by atoms with Crippen LogP contribution in [0.5, 0.6) is 0 Å². The minimum Gasteiger partial charge on any atom is -0.481 e. The zero-order chi connectivity index (χ0) is 36.3. The van der Waals surface area contributed by atoms with Crippen LogP contribution in [0.4, 0.5) is 4.79 Å². The number of ketones is 1. The SMILES string of the molecule is CS(=O)(=O)/C=C/[C@H](CC(=O)O)NC(=O)[C@H](CC(=O)[C@H](CCCN=C(N)N)NC(=O)OCC1c2ccccc2-c2ccccc21)Cc1cnc[nH]1. The van der Waals surface area contributed by atoms with Crippen molar-refractivity contribution < 1.29 is 37.4 Å². The van der Waals surface area contributed by atoms with Crippen molar-refractivity contribution in [2.45, 2.75) is 50.1 Å². The predicted octanol–water partition coefficient (Wildman–Crippen LogP) is 2.01. The molecule has 0 spiro atoms. The van der Waals surface area contributed by atoms with Gasteiger partial charge in [-0.2, -0.15) is 0 Å². The predicted molar refractivity (Wildman–Crippen MR) is 185 cm³/mol. The van der Waals surface area contributed by atoms with Crippen LogP contribution in [-0.4, -0.2) is 84.7 Å². The molecule has 266 valence electrons. The van der Waals surface area contributed by atoms with Gasteiger partial charge in [0.15, 0.2) is 21.6 Å². The summed E-state index contributed by atoms with van der Waals surface area (Å²) in [6, 6.07) is 13.5. The van der Waals surface area contributed by atoms with Gasteiger partial charge in [0.2, 0.25) is 5.91 Å². The fraction of sp³-hybridized carbons (Fsp3) is 0.353. The molecule has 1 aromatic heterocycles. The Kier molecular flexibility index (Phi) is 12.9. The van der Waals surface area contributed by atoms with Gasteiger partial charge in [0.25, 0.3) is 0 Å². The molecule has 0 radical (unpaired) electrons. The lowest BCUT2D eigenvalue weighted by Gasteiger charge is -2.23. The quantitative estimate of drug-likeness (QED) is 0.0634. The fourth-order valence-corrected chi connectivity index (χ4v) is 6.27. The Morgan fingerprint density at radius 3 is 2.28 bits per heavy atom. The molecule has 0 bridgehead atoms. The van der Waals surface area contributed by atoms with Crippen molar-refractivity contribution >= 4 is 39.5 Å². The molecule has 2 amide bonds. The Hall–Kier alpha value is -5.51. The highest BCUT2D eigenvalue weighted by atomic mass is 32.2. The number of carboxylic acids is 1. The molecule has 1 aliphatic carbocycles. The van der Waals surface area contributed by atoms with E-state index in [1.807, 2.05) is 48.5 Å². The highest BCUT2D eigenvalue weighted by Gasteiger charge is 2.32. The third kappa shape index (κ3) is 11.0. The smallest absolute Gasteiger partial charge is 0.407 e. The summed E-state index contributed by atoms with van der Waals surface area (Å²) in [6.45, 7) is 0.200. The normalized spacial score (nSPS) is 14.2. The number of rotatable bonds is 18. The standard InChI is InChI=1S/C34H41N7O8S/c1-50(47,48)14-12-22(17-31(43)44)40-32(45)21(15-23-18-37-20-39-23)16-30(42)29(11-6-13-38-33(35)36)41-34(46)49-19-28-26-9-4-2-7-24(26)25-8-3-5-10-27(25)28/h2-5,7-10,12,14,18,20-22,28-29H,6,11,13,15-17,19H2,1H3,(H,37,39)(H,40,45)(H,41,46)(H,43,44)(H4,35,36,38)/b14-12+/t21-,22+,29-/m0/s1. The summed E-state index contributed by atoms with van der Waals surface area (Å²) in [4.78, 5) is 62.8. The van der Waals surface area contributed by atoms with E-state index in [0.717, 1.165) is 40.0 Å². The van der Waals surface area contributed by atoms with Crippen LogP contribution < -0.4 is 22.1 Å². The van der Waals surface area contributed by atoms with Gasteiger partial charge in [-0.1, -0.05) is 54.6 Å². The molecule has 0 aliphatic heterocycles. The maximum absolute atomic E-state index is 13.8. The number of hydrogen-bond donors (Lipinski definition) is 6. The number of guanidine groups is 1. The molecule has 0 unspecified atom stereocenters. The summed E-state index contributed by atoms with van der Waals surface area (Å²) >= 11 is 0. The van der Waals surface area contributed by atoms with Crippen LogP contribution >= 0.6 is 0 Å². The lowest BCUT2D eigenvalue weighted by Crippen LogP contribution is -2.45. The Morgan fingerprint density at radius 2 is 1.70 bits per heavy atom. The second-order valence-corrected chi connectivity index (χ2v) is 13.9. The molecule has 0 saturated carbocycles. The van der Waals surface area contributed by atoms with Gasteiger partial charge in [-0.05, 0) is 35.1 Å². The van der Waals surface area contributed by atoms with Gasteiger partial charge in [0, 0.05) is 48.9 Å². The zero-order valence-electron chi connectivity index (χ0n) is 27.4. The number of nitrogens with two attached hydrogens (primary N) is 2. The minimum atomic E-state index is -3.62. The molecule has 0 fully saturated rings. The number of ether oxygens (including phenoxy) is 1. The molecular weight excluding hydrogens is 666 g/mol. The van der Waals surface area contributed by atoms with Gasteiger partial charge in [-0.15, -0.1) is 0 Å². The highest BCUT2D eigenvalue weighted by Crippen LogP contribution is 2.44. The first kappa shape index (κ1) is 37.3. The molecule has 4 rings (SSSR count). The van der Waals surface area contributed by atoms with E-state index in [0.29, 0.717) is 12.1 Å². The number of alkyl carbamates (subject to hydrolysis) is 1. The molecular formula is C34H41N7O8S. The molecule has 0 saturated heterocycles. The number of Topliss-reactive ketones (excluding diaryl/α,β-unsaturated/α-hetero) is 1. The average Bonchev–Trinajstić information content (AvgIpc) is 3.69. The number of carbonyl (C=O) groups is 4. The second kappa shape index (κ2) is 17.2. The highest BCUT2D eigenvalue weighted by molar-refractivity contribution is 7.93. The first-order valence-corrected chi connectivity index (χ1v) is 17.8. The molecule has 1 aliphatic rings. The molecule has 1 heterocycles. The second-order valence-electron chi connectivity index (χ2n) is 12.0. The zero-order valence-corrected chi connectivity index (χ0v) is 28.3. The number of aromatic amines is 1. The Morgan fingerprint density at radius 1 is 1.04 bits per heavy atom. The number of imidazole rings is 1. The van der Waals surface area contributed by atoms with E-state index >= 15 is 0 Å². The maximum atomic E-state index is 13.8. The number of amides is 2. The van der Waals surface area contributed by atoms with E-state index < -0.39 is 58.0 Å². The number of benzene rings is 2. The lowest BCUT2D eigenvalue weighted by molar-refractivity contribution is -0.137. The summed E-state index contributed by atoms with van der Waals surface area (Å²) in [5, 5.41) is 15.3. The van der Waals surface area contributed by atoms with Crippen molar-refractivity contribution in [2.75, 3.05) is 19.4 Å². The molecule has 3 atom stereocenters. The number of aliphatic imine (C=N–C) groups is 1. The van der Waals surface area contributed by atoms with Crippen LogP contribution in [0.3, 0.4) is 0 Å².